The summed E-state index contributed by atoms with van der Waals surface area (Å²) in [5, 5.41) is 5.89. The van der Waals surface area contributed by atoms with Crippen molar-refractivity contribution in [1.82, 2.24) is 0 Å². The molecule has 1 heterocycles. The molecule has 1 atom stereocenters. The Bertz CT molecular complexity index is 688. The molecule has 5 heteroatoms. The maximum Gasteiger partial charge on any atom is 0.251 e. The molecule has 3 rings (SSSR count). The SMILES string of the molecule is COCc1ccccc1NC1C(=O)Nc2cc(F)ccc21. The minimum Gasteiger partial charge on any atom is -0.380 e. The van der Waals surface area contributed by atoms with Crippen molar-refractivity contribution in [2.75, 3.05) is 17.7 Å². The summed E-state index contributed by atoms with van der Waals surface area (Å²) in [5.74, 6) is -0.558. The third-order valence-electron chi connectivity index (χ3n) is 3.46. The van der Waals surface area contributed by atoms with Crippen LogP contribution in [0.5, 0.6) is 0 Å². The van der Waals surface area contributed by atoms with E-state index in [2.05, 4.69) is 10.6 Å². The Balaban J connectivity index is 1.91. The lowest BCUT2D eigenvalue weighted by atomic mass is 10.1. The van der Waals surface area contributed by atoms with Gasteiger partial charge in [0.05, 0.1) is 6.61 Å². The largest absolute Gasteiger partial charge is 0.380 e. The number of fused-ring (bicyclic) bond motifs is 1. The molecular weight excluding hydrogens is 271 g/mol. The Morgan fingerprint density at radius 1 is 1.29 bits per heavy atom. The molecule has 0 aliphatic carbocycles. The second-order valence-electron chi connectivity index (χ2n) is 4.89. The second kappa shape index (κ2) is 5.54. The Kier molecular flexibility index (Phi) is 3.58. The lowest BCUT2D eigenvalue weighted by molar-refractivity contribution is -0.116. The number of carbonyl (C=O) groups is 1. The first-order valence-corrected chi connectivity index (χ1v) is 6.62. The molecule has 0 saturated heterocycles. The van der Waals surface area contributed by atoms with Crippen molar-refractivity contribution in [2.24, 2.45) is 0 Å². The normalized spacial score (nSPS) is 16.5. The number of amides is 1. The Labute approximate surface area is 121 Å². The summed E-state index contributed by atoms with van der Waals surface area (Å²) in [7, 11) is 1.62. The van der Waals surface area contributed by atoms with Crippen LogP contribution in [-0.2, 0) is 16.1 Å². The number of ether oxygens (including phenoxy) is 1. The average molecular weight is 286 g/mol. The molecule has 0 saturated carbocycles. The van der Waals surface area contributed by atoms with Crippen molar-refractivity contribution in [2.45, 2.75) is 12.6 Å². The molecule has 2 aromatic carbocycles. The van der Waals surface area contributed by atoms with Crippen LogP contribution in [0, 0.1) is 5.82 Å². The Hall–Kier alpha value is -2.40. The van der Waals surface area contributed by atoms with Gasteiger partial charge >= 0.3 is 0 Å². The van der Waals surface area contributed by atoms with Gasteiger partial charge in [0.25, 0.3) is 5.91 Å². The van der Waals surface area contributed by atoms with Crippen LogP contribution in [0.4, 0.5) is 15.8 Å². The number of hydrogen-bond acceptors (Lipinski definition) is 3. The van der Waals surface area contributed by atoms with Crippen LogP contribution in [0.2, 0.25) is 0 Å². The first-order chi connectivity index (χ1) is 10.2. The van der Waals surface area contributed by atoms with Gasteiger partial charge in [0.15, 0.2) is 0 Å². The van der Waals surface area contributed by atoms with Gasteiger partial charge in [-0.15, -0.1) is 0 Å². The number of halogens is 1. The number of benzene rings is 2. The second-order valence-corrected chi connectivity index (χ2v) is 4.89. The highest BCUT2D eigenvalue weighted by molar-refractivity contribution is 6.04. The lowest BCUT2D eigenvalue weighted by Gasteiger charge is -2.16. The first kappa shape index (κ1) is 13.6. The highest BCUT2D eigenvalue weighted by Crippen LogP contribution is 2.34. The van der Waals surface area contributed by atoms with Crippen LogP contribution in [0.3, 0.4) is 0 Å². The van der Waals surface area contributed by atoms with Gasteiger partial charge in [-0.25, -0.2) is 4.39 Å². The molecule has 1 amide bonds. The monoisotopic (exact) mass is 286 g/mol. The molecule has 0 fully saturated rings. The van der Waals surface area contributed by atoms with E-state index in [0.717, 1.165) is 16.8 Å². The molecule has 1 aliphatic rings. The molecule has 0 radical (unpaired) electrons. The van der Waals surface area contributed by atoms with Gasteiger partial charge in [-0.3, -0.25) is 4.79 Å². The van der Waals surface area contributed by atoms with E-state index < -0.39 is 6.04 Å². The van der Waals surface area contributed by atoms with Gasteiger partial charge in [0.2, 0.25) is 0 Å². The van der Waals surface area contributed by atoms with E-state index in [0.29, 0.717) is 12.3 Å². The standard InChI is InChI=1S/C16H15FN2O2/c1-21-9-10-4-2-3-5-13(10)18-15-12-7-6-11(17)8-14(12)19-16(15)20/h2-8,15,18H,9H2,1H3,(H,19,20). The van der Waals surface area contributed by atoms with Gasteiger partial charge in [0.1, 0.15) is 11.9 Å². The molecule has 108 valence electrons. The van der Waals surface area contributed by atoms with E-state index in [1.54, 1.807) is 13.2 Å². The van der Waals surface area contributed by atoms with E-state index in [1.165, 1.54) is 12.1 Å². The maximum absolute atomic E-state index is 13.2. The minimum absolute atomic E-state index is 0.192. The number of carbonyl (C=O) groups excluding carboxylic acids is 1. The molecule has 21 heavy (non-hydrogen) atoms. The number of methoxy groups -OCH3 is 1. The number of nitrogens with one attached hydrogen (secondary N) is 2. The summed E-state index contributed by atoms with van der Waals surface area (Å²) in [4.78, 5) is 12.1. The summed E-state index contributed by atoms with van der Waals surface area (Å²) >= 11 is 0. The molecule has 2 N–H and O–H groups in total. The predicted molar refractivity (Wildman–Crippen MR) is 78.5 cm³/mol. The van der Waals surface area contributed by atoms with E-state index in [-0.39, 0.29) is 11.7 Å². The Morgan fingerprint density at radius 2 is 2.10 bits per heavy atom. The zero-order valence-electron chi connectivity index (χ0n) is 11.5. The van der Waals surface area contributed by atoms with Gasteiger partial charge in [-0.05, 0) is 18.2 Å². The van der Waals surface area contributed by atoms with Gasteiger partial charge in [-0.1, -0.05) is 24.3 Å². The summed E-state index contributed by atoms with van der Waals surface area (Å²) < 4.78 is 18.4. The van der Waals surface area contributed by atoms with E-state index in [4.69, 9.17) is 4.74 Å². The zero-order chi connectivity index (χ0) is 14.8. The number of anilines is 2. The summed E-state index contributed by atoms with van der Waals surface area (Å²) in [5.41, 5.74) is 3.05. The maximum atomic E-state index is 13.2. The van der Waals surface area contributed by atoms with Gasteiger partial charge < -0.3 is 15.4 Å². The lowest BCUT2D eigenvalue weighted by Crippen LogP contribution is -2.20. The smallest absolute Gasteiger partial charge is 0.251 e. The minimum atomic E-state index is -0.529. The first-order valence-electron chi connectivity index (χ1n) is 6.62. The molecular formula is C16H15FN2O2. The van der Waals surface area contributed by atoms with Crippen molar-refractivity contribution in [3.05, 3.63) is 59.4 Å². The van der Waals surface area contributed by atoms with E-state index >= 15 is 0 Å². The zero-order valence-corrected chi connectivity index (χ0v) is 11.5. The van der Waals surface area contributed by atoms with Gasteiger partial charge in [-0.2, -0.15) is 0 Å². The third kappa shape index (κ3) is 2.60. The van der Waals surface area contributed by atoms with Crippen molar-refractivity contribution in [3.63, 3.8) is 0 Å². The molecule has 4 nitrogen and oxygen atoms in total. The van der Waals surface area contributed by atoms with Crippen molar-refractivity contribution in [3.8, 4) is 0 Å². The number of para-hydroxylation sites is 1. The molecule has 1 aliphatic heterocycles. The van der Waals surface area contributed by atoms with Crippen LogP contribution in [0.15, 0.2) is 42.5 Å². The fourth-order valence-corrected chi connectivity index (χ4v) is 2.48. The summed E-state index contributed by atoms with van der Waals surface area (Å²) in [6.45, 7) is 0.452. The predicted octanol–water partition coefficient (Wildman–Crippen LogP) is 3.08. The quantitative estimate of drug-likeness (QED) is 0.908. The van der Waals surface area contributed by atoms with Crippen LogP contribution >= 0.6 is 0 Å². The van der Waals surface area contributed by atoms with E-state index in [9.17, 15) is 9.18 Å². The fraction of sp³-hybridized carbons (Fsp3) is 0.188. The average Bonchev–Trinajstić information content (AvgIpc) is 2.76. The Morgan fingerprint density at radius 3 is 2.90 bits per heavy atom. The molecule has 2 aromatic rings. The van der Waals surface area contributed by atoms with E-state index in [1.807, 2.05) is 24.3 Å². The van der Waals surface area contributed by atoms with Crippen LogP contribution < -0.4 is 10.6 Å². The van der Waals surface area contributed by atoms with Crippen molar-refractivity contribution in [1.29, 1.82) is 0 Å². The van der Waals surface area contributed by atoms with Crippen LogP contribution in [-0.4, -0.2) is 13.0 Å². The highest BCUT2D eigenvalue weighted by Gasteiger charge is 2.31. The number of hydrogen-bond donors (Lipinski definition) is 2. The topological polar surface area (TPSA) is 50.4 Å². The highest BCUT2D eigenvalue weighted by atomic mass is 19.1. The molecule has 0 aromatic heterocycles. The fourth-order valence-electron chi connectivity index (χ4n) is 2.48. The van der Waals surface area contributed by atoms with Crippen LogP contribution in [0.1, 0.15) is 17.2 Å². The third-order valence-corrected chi connectivity index (χ3v) is 3.46. The number of rotatable bonds is 4. The van der Waals surface area contributed by atoms with Crippen molar-refractivity contribution >= 4 is 17.3 Å². The molecule has 0 spiro atoms. The van der Waals surface area contributed by atoms with Crippen molar-refractivity contribution < 1.29 is 13.9 Å². The van der Waals surface area contributed by atoms with Gasteiger partial charge in [0, 0.05) is 29.6 Å². The molecule has 0 bridgehead atoms. The van der Waals surface area contributed by atoms with Crippen LogP contribution in [0.25, 0.3) is 0 Å². The summed E-state index contributed by atoms with van der Waals surface area (Å²) in [6, 6.07) is 11.4. The summed E-state index contributed by atoms with van der Waals surface area (Å²) in [6.07, 6.45) is 0. The molecule has 1 unspecified atom stereocenters.